The minimum absolute atomic E-state index is 0.0218. The number of rotatable bonds is 5. The van der Waals surface area contributed by atoms with Crippen molar-refractivity contribution in [3.05, 3.63) is 71.0 Å². The maximum atomic E-state index is 13.5. The van der Waals surface area contributed by atoms with E-state index in [-0.39, 0.29) is 29.6 Å². The third-order valence-corrected chi connectivity index (χ3v) is 5.38. The van der Waals surface area contributed by atoms with Crippen molar-refractivity contribution in [3.8, 4) is 0 Å². The molecule has 138 valence electrons. The molecule has 1 aliphatic heterocycles. The normalized spacial score (nSPS) is 21.2. The number of benzene rings is 2. The van der Waals surface area contributed by atoms with E-state index < -0.39 is 0 Å². The van der Waals surface area contributed by atoms with Crippen LogP contribution in [0, 0.1) is 18.7 Å². The molecule has 0 radical (unpaired) electrons. The van der Waals surface area contributed by atoms with Gasteiger partial charge < -0.3 is 10.6 Å². The van der Waals surface area contributed by atoms with Crippen molar-refractivity contribution < 1.29 is 9.18 Å². The number of halogens is 1. The number of carbonyl (C=O) groups excluding carboxylic acids is 1. The van der Waals surface area contributed by atoms with Gasteiger partial charge in [-0.3, -0.25) is 4.79 Å². The molecule has 3 rings (SSSR count). The van der Waals surface area contributed by atoms with Gasteiger partial charge in [-0.15, -0.1) is 0 Å². The Morgan fingerprint density at radius 2 is 2.04 bits per heavy atom. The molecule has 1 aliphatic rings. The van der Waals surface area contributed by atoms with Crippen LogP contribution < -0.4 is 10.6 Å². The van der Waals surface area contributed by atoms with E-state index in [9.17, 15) is 9.18 Å². The standard InChI is InChI=1S/C22H27FN2O/c1-3-21(16-7-5-4-6-8-16)25-22(26)19-11-12-24-14-20(19)18-10-9-17(23)13-15(18)2/h4-10,13,19-21,24H,3,11-12,14H2,1-2H3,(H,25,26). The summed E-state index contributed by atoms with van der Waals surface area (Å²) < 4.78 is 13.5. The summed E-state index contributed by atoms with van der Waals surface area (Å²) in [6.07, 6.45) is 1.64. The Kier molecular flexibility index (Phi) is 6.04. The Balaban J connectivity index is 1.79. The van der Waals surface area contributed by atoms with Gasteiger partial charge in [0.1, 0.15) is 5.82 Å². The molecule has 2 N–H and O–H groups in total. The number of hydrogen-bond donors (Lipinski definition) is 2. The van der Waals surface area contributed by atoms with Crippen LogP contribution in [0.2, 0.25) is 0 Å². The topological polar surface area (TPSA) is 41.1 Å². The second kappa shape index (κ2) is 8.45. The first-order chi connectivity index (χ1) is 12.6. The summed E-state index contributed by atoms with van der Waals surface area (Å²) >= 11 is 0. The summed E-state index contributed by atoms with van der Waals surface area (Å²) in [5.74, 6) is -0.169. The van der Waals surface area contributed by atoms with Crippen molar-refractivity contribution in [1.29, 1.82) is 0 Å². The van der Waals surface area contributed by atoms with Gasteiger partial charge in [0.2, 0.25) is 5.91 Å². The van der Waals surface area contributed by atoms with Gasteiger partial charge in [0.05, 0.1) is 6.04 Å². The third kappa shape index (κ3) is 4.13. The molecular weight excluding hydrogens is 327 g/mol. The van der Waals surface area contributed by atoms with E-state index in [1.54, 1.807) is 6.07 Å². The van der Waals surface area contributed by atoms with Crippen LogP contribution in [0.4, 0.5) is 4.39 Å². The number of carbonyl (C=O) groups is 1. The lowest BCUT2D eigenvalue weighted by Crippen LogP contribution is -2.44. The average Bonchev–Trinajstić information content (AvgIpc) is 2.66. The van der Waals surface area contributed by atoms with Crippen LogP contribution in [0.15, 0.2) is 48.5 Å². The molecule has 1 heterocycles. The van der Waals surface area contributed by atoms with E-state index in [2.05, 4.69) is 29.7 Å². The zero-order valence-corrected chi connectivity index (χ0v) is 15.5. The summed E-state index contributed by atoms with van der Waals surface area (Å²) in [6.45, 7) is 5.58. The molecular formula is C22H27FN2O. The highest BCUT2D eigenvalue weighted by Gasteiger charge is 2.33. The predicted molar refractivity (Wildman–Crippen MR) is 102 cm³/mol. The van der Waals surface area contributed by atoms with Gasteiger partial charge >= 0.3 is 0 Å². The molecule has 3 unspecified atom stereocenters. The first-order valence-electron chi connectivity index (χ1n) is 9.42. The first-order valence-corrected chi connectivity index (χ1v) is 9.42. The largest absolute Gasteiger partial charge is 0.349 e. The fourth-order valence-electron chi connectivity index (χ4n) is 3.94. The van der Waals surface area contributed by atoms with Crippen LogP contribution in [0.1, 0.15) is 48.4 Å². The van der Waals surface area contributed by atoms with Crippen molar-refractivity contribution in [2.24, 2.45) is 5.92 Å². The molecule has 0 saturated carbocycles. The van der Waals surface area contributed by atoms with Crippen LogP contribution in [-0.2, 0) is 4.79 Å². The van der Waals surface area contributed by atoms with E-state index in [1.807, 2.05) is 31.2 Å². The third-order valence-electron chi connectivity index (χ3n) is 5.38. The highest BCUT2D eigenvalue weighted by Crippen LogP contribution is 2.32. The Labute approximate surface area is 155 Å². The lowest BCUT2D eigenvalue weighted by atomic mass is 9.79. The molecule has 4 heteroatoms. The summed E-state index contributed by atoms with van der Waals surface area (Å²) in [5, 5.41) is 6.63. The SMILES string of the molecule is CCC(NC(=O)C1CCNCC1c1ccc(F)cc1C)c1ccccc1. The lowest BCUT2D eigenvalue weighted by molar-refractivity contribution is -0.127. The Morgan fingerprint density at radius 1 is 1.27 bits per heavy atom. The first kappa shape index (κ1) is 18.6. The van der Waals surface area contributed by atoms with Crippen LogP contribution in [-0.4, -0.2) is 19.0 Å². The minimum atomic E-state index is -0.230. The quantitative estimate of drug-likeness (QED) is 0.849. The van der Waals surface area contributed by atoms with Gasteiger partial charge in [-0.2, -0.15) is 0 Å². The molecule has 26 heavy (non-hydrogen) atoms. The lowest BCUT2D eigenvalue weighted by Gasteiger charge is -2.33. The van der Waals surface area contributed by atoms with Crippen molar-refractivity contribution >= 4 is 5.91 Å². The van der Waals surface area contributed by atoms with Gasteiger partial charge in [-0.25, -0.2) is 4.39 Å². The zero-order chi connectivity index (χ0) is 18.5. The summed E-state index contributed by atoms with van der Waals surface area (Å²) in [6, 6.07) is 15.0. The Bertz CT molecular complexity index is 747. The number of amides is 1. The van der Waals surface area contributed by atoms with Crippen molar-refractivity contribution in [2.75, 3.05) is 13.1 Å². The second-order valence-electron chi connectivity index (χ2n) is 7.09. The summed E-state index contributed by atoms with van der Waals surface area (Å²) in [5.41, 5.74) is 3.10. The fourth-order valence-corrected chi connectivity index (χ4v) is 3.94. The molecule has 2 aromatic rings. The van der Waals surface area contributed by atoms with Gasteiger partial charge in [-0.05, 0) is 55.1 Å². The molecule has 1 amide bonds. The smallest absolute Gasteiger partial charge is 0.224 e. The van der Waals surface area contributed by atoms with Crippen LogP contribution >= 0.6 is 0 Å². The summed E-state index contributed by atoms with van der Waals surface area (Å²) in [7, 11) is 0. The van der Waals surface area contributed by atoms with Crippen LogP contribution in [0.25, 0.3) is 0 Å². The van der Waals surface area contributed by atoms with Crippen LogP contribution in [0.3, 0.4) is 0 Å². The van der Waals surface area contributed by atoms with Gasteiger partial charge in [0.25, 0.3) is 0 Å². The van der Waals surface area contributed by atoms with Gasteiger partial charge in [-0.1, -0.05) is 43.3 Å². The second-order valence-corrected chi connectivity index (χ2v) is 7.09. The number of hydrogen-bond acceptors (Lipinski definition) is 2. The molecule has 3 nitrogen and oxygen atoms in total. The monoisotopic (exact) mass is 354 g/mol. The Hall–Kier alpha value is -2.20. The molecule has 0 aliphatic carbocycles. The number of nitrogens with one attached hydrogen (secondary N) is 2. The fraction of sp³-hybridized carbons (Fsp3) is 0.409. The molecule has 0 bridgehead atoms. The maximum absolute atomic E-state index is 13.5. The average molecular weight is 354 g/mol. The van der Waals surface area contributed by atoms with Crippen molar-refractivity contribution in [2.45, 2.75) is 38.6 Å². The molecule has 3 atom stereocenters. The van der Waals surface area contributed by atoms with E-state index in [1.165, 1.54) is 6.07 Å². The molecule has 2 aromatic carbocycles. The van der Waals surface area contributed by atoms with E-state index >= 15 is 0 Å². The van der Waals surface area contributed by atoms with Crippen molar-refractivity contribution in [3.63, 3.8) is 0 Å². The van der Waals surface area contributed by atoms with E-state index in [4.69, 9.17) is 0 Å². The van der Waals surface area contributed by atoms with Gasteiger partial charge in [0.15, 0.2) is 0 Å². The Morgan fingerprint density at radius 3 is 2.73 bits per heavy atom. The van der Waals surface area contributed by atoms with Gasteiger partial charge in [0, 0.05) is 18.4 Å². The number of piperidine rings is 1. The highest BCUT2D eigenvalue weighted by molar-refractivity contribution is 5.80. The molecule has 0 spiro atoms. The molecule has 0 aromatic heterocycles. The minimum Gasteiger partial charge on any atom is -0.349 e. The zero-order valence-electron chi connectivity index (χ0n) is 15.5. The molecule has 1 fully saturated rings. The maximum Gasteiger partial charge on any atom is 0.224 e. The van der Waals surface area contributed by atoms with Crippen molar-refractivity contribution in [1.82, 2.24) is 10.6 Å². The number of aryl methyl sites for hydroxylation is 1. The van der Waals surface area contributed by atoms with Crippen LogP contribution in [0.5, 0.6) is 0 Å². The predicted octanol–water partition coefficient (Wildman–Crippen LogP) is 4.09. The molecule has 1 saturated heterocycles. The van der Waals surface area contributed by atoms with E-state index in [0.29, 0.717) is 0 Å². The van der Waals surface area contributed by atoms with E-state index in [0.717, 1.165) is 42.6 Å². The highest BCUT2D eigenvalue weighted by atomic mass is 19.1. The summed E-state index contributed by atoms with van der Waals surface area (Å²) in [4.78, 5) is 13.1.